The van der Waals surface area contributed by atoms with Gasteiger partial charge in [0.2, 0.25) is 0 Å². The molecule has 0 unspecified atom stereocenters. The molecule has 1 aliphatic carbocycles. The van der Waals surface area contributed by atoms with E-state index < -0.39 is 10.7 Å². The molecule has 0 aromatic heterocycles. The van der Waals surface area contributed by atoms with Crippen molar-refractivity contribution in [1.82, 2.24) is 0 Å². The van der Waals surface area contributed by atoms with Crippen LogP contribution in [-0.2, 0) is 0 Å². The second kappa shape index (κ2) is 4.31. The maximum Gasteiger partial charge on any atom is 0.292 e. The second-order valence-electron chi connectivity index (χ2n) is 4.94. The summed E-state index contributed by atoms with van der Waals surface area (Å²) in [5, 5.41) is 13.8. The number of benzene rings is 1. The number of hydrogen-bond acceptors (Lipinski definition) is 3. The summed E-state index contributed by atoms with van der Waals surface area (Å²) in [5.74, 6) is -0.461. The minimum absolute atomic E-state index is 0.0747. The fourth-order valence-corrected chi connectivity index (χ4v) is 2.07. The second-order valence-corrected chi connectivity index (χ2v) is 4.94. The van der Waals surface area contributed by atoms with E-state index in [2.05, 4.69) is 12.2 Å². The third-order valence-corrected chi connectivity index (χ3v) is 3.42. The number of nitro benzene ring substituents is 1. The molecule has 0 atom stereocenters. The summed E-state index contributed by atoms with van der Waals surface area (Å²) >= 11 is 0. The highest BCUT2D eigenvalue weighted by Crippen LogP contribution is 2.40. The van der Waals surface area contributed by atoms with Gasteiger partial charge in [0.25, 0.3) is 5.69 Å². The van der Waals surface area contributed by atoms with Gasteiger partial charge in [0, 0.05) is 18.7 Å². The molecule has 1 fully saturated rings. The largest absolute Gasteiger partial charge is 0.379 e. The van der Waals surface area contributed by atoms with Crippen LogP contribution in [0, 0.1) is 21.3 Å². The van der Waals surface area contributed by atoms with Gasteiger partial charge < -0.3 is 5.32 Å². The van der Waals surface area contributed by atoms with E-state index in [9.17, 15) is 14.5 Å². The fraction of sp³-hybridized carbons (Fsp3) is 0.500. The number of nitro groups is 1. The average molecular weight is 238 g/mol. The van der Waals surface area contributed by atoms with Gasteiger partial charge in [0.15, 0.2) is 0 Å². The minimum Gasteiger partial charge on any atom is -0.379 e. The van der Waals surface area contributed by atoms with Gasteiger partial charge in [-0.3, -0.25) is 10.1 Å². The summed E-state index contributed by atoms with van der Waals surface area (Å²) < 4.78 is 13.1. The summed E-state index contributed by atoms with van der Waals surface area (Å²) in [6, 6.07) is 3.48. The van der Waals surface area contributed by atoms with Crippen LogP contribution in [0.15, 0.2) is 18.2 Å². The minimum atomic E-state index is -0.495. The van der Waals surface area contributed by atoms with Crippen molar-refractivity contribution >= 4 is 11.4 Å². The summed E-state index contributed by atoms with van der Waals surface area (Å²) in [5.41, 5.74) is 0.387. The molecular formula is C12H15FN2O2. The van der Waals surface area contributed by atoms with Crippen molar-refractivity contribution in [3.63, 3.8) is 0 Å². The Morgan fingerprint density at radius 1 is 1.53 bits per heavy atom. The van der Waals surface area contributed by atoms with Gasteiger partial charge in [-0.2, -0.15) is 0 Å². The van der Waals surface area contributed by atoms with Crippen LogP contribution >= 0.6 is 0 Å². The first-order chi connectivity index (χ1) is 8.00. The lowest BCUT2D eigenvalue weighted by Gasteiger charge is -2.38. The molecule has 0 radical (unpaired) electrons. The van der Waals surface area contributed by atoms with Gasteiger partial charge in [-0.05, 0) is 24.3 Å². The van der Waals surface area contributed by atoms with E-state index in [1.807, 2.05) is 0 Å². The summed E-state index contributed by atoms with van der Waals surface area (Å²) in [4.78, 5) is 10.3. The molecule has 2 rings (SSSR count). The van der Waals surface area contributed by atoms with Crippen LogP contribution in [0.25, 0.3) is 0 Å². The number of halogens is 1. The molecule has 1 aliphatic rings. The molecule has 1 saturated carbocycles. The van der Waals surface area contributed by atoms with Crippen molar-refractivity contribution in [2.75, 3.05) is 11.9 Å². The predicted molar refractivity (Wildman–Crippen MR) is 63.5 cm³/mol. The molecule has 0 aliphatic heterocycles. The number of nitrogens with one attached hydrogen (secondary N) is 1. The van der Waals surface area contributed by atoms with Gasteiger partial charge in [-0.15, -0.1) is 0 Å². The predicted octanol–water partition coefficient (Wildman–Crippen LogP) is 3.34. The summed E-state index contributed by atoms with van der Waals surface area (Å²) in [6.07, 6.45) is 3.43. The quantitative estimate of drug-likeness (QED) is 0.646. The van der Waals surface area contributed by atoms with Crippen LogP contribution in [0.2, 0.25) is 0 Å². The van der Waals surface area contributed by atoms with Crippen molar-refractivity contribution in [1.29, 1.82) is 0 Å². The van der Waals surface area contributed by atoms with Crippen molar-refractivity contribution < 1.29 is 9.31 Å². The zero-order valence-electron chi connectivity index (χ0n) is 9.70. The highest BCUT2D eigenvalue weighted by Gasteiger charge is 2.31. The van der Waals surface area contributed by atoms with Gasteiger partial charge in [-0.25, -0.2) is 4.39 Å². The van der Waals surface area contributed by atoms with E-state index in [0.717, 1.165) is 18.9 Å². The van der Waals surface area contributed by atoms with E-state index in [1.165, 1.54) is 18.6 Å². The molecule has 0 spiro atoms. The van der Waals surface area contributed by atoms with E-state index in [1.54, 1.807) is 0 Å². The molecule has 1 aromatic rings. The Hall–Kier alpha value is -1.65. The third kappa shape index (κ3) is 2.54. The maximum atomic E-state index is 13.1. The van der Waals surface area contributed by atoms with E-state index in [0.29, 0.717) is 6.54 Å². The van der Waals surface area contributed by atoms with E-state index >= 15 is 0 Å². The van der Waals surface area contributed by atoms with Crippen LogP contribution in [0.3, 0.4) is 0 Å². The lowest BCUT2D eigenvalue weighted by Crippen LogP contribution is -2.33. The zero-order valence-corrected chi connectivity index (χ0v) is 9.70. The lowest BCUT2D eigenvalue weighted by atomic mass is 9.70. The van der Waals surface area contributed by atoms with E-state index in [4.69, 9.17) is 0 Å². The molecule has 0 bridgehead atoms. The lowest BCUT2D eigenvalue weighted by molar-refractivity contribution is -0.384. The van der Waals surface area contributed by atoms with Gasteiger partial charge >= 0.3 is 0 Å². The van der Waals surface area contributed by atoms with Crippen LogP contribution in [-0.4, -0.2) is 11.5 Å². The van der Waals surface area contributed by atoms with Gasteiger partial charge in [0.05, 0.1) is 4.92 Å². The molecule has 0 saturated heterocycles. The monoisotopic (exact) mass is 238 g/mol. The van der Waals surface area contributed by atoms with Crippen LogP contribution < -0.4 is 5.32 Å². The molecule has 17 heavy (non-hydrogen) atoms. The molecule has 5 heteroatoms. The standard InChI is InChI=1S/C12H15FN2O2/c1-12(5-2-6-12)8-14-10-7-9(13)3-4-11(10)15(16)17/h3-4,7,14H,2,5-6,8H2,1H3. The zero-order chi connectivity index (χ0) is 12.5. The van der Waals surface area contributed by atoms with Gasteiger partial charge in [0.1, 0.15) is 11.5 Å². The Balaban J connectivity index is 2.13. The van der Waals surface area contributed by atoms with Crippen LogP contribution in [0.1, 0.15) is 26.2 Å². The molecule has 92 valence electrons. The first-order valence-corrected chi connectivity index (χ1v) is 5.68. The molecule has 0 heterocycles. The maximum absolute atomic E-state index is 13.1. The molecule has 1 aromatic carbocycles. The molecule has 0 amide bonds. The first-order valence-electron chi connectivity index (χ1n) is 5.68. The Bertz CT molecular complexity index is 444. The normalized spacial score (nSPS) is 17.3. The van der Waals surface area contributed by atoms with E-state index in [-0.39, 0.29) is 16.8 Å². The Kier molecular flexibility index (Phi) is 3.00. The highest BCUT2D eigenvalue weighted by molar-refractivity contribution is 5.61. The topological polar surface area (TPSA) is 55.2 Å². The average Bonchev–Trinajstić information content (AvgIpc) is 2.23. The van der Waals surface area contributed by atoms with Crippen molar-refractivity contribution in [3.05, 3.63) is 34.1 Å². The molecular weight excluding hydrogens is 223 g/mol. The van der Waals surface area contributed by atoms with Crippen molar-refractivity contribution in [2.24, 2.45) is 5.41 Å². The Morgan fingerprint density at radius 2 is 2.24 bits per heavy atom. The van der Waals surface area contributed by atoms with Crippen LogP contribution in [0.5, 0.6) is 0 Å². The van der Waals surface area contributed by atoms with Crippen molar-refractivity contribution in [2.45, 2.75) is 26.2 Å². The number of hydrogen-bond donors (Lipinski definition) is 1. The molecule has 1 N–H and O–H groups in total. The number of rotatable bonds is 4. The SMILES string of the molecule is CC1(CNc2cc(F)ccc2[N+](=O)[O-])CCC1. The third-order valence-electron chi connectivity index (χ3n) is 3.42. The van der Waals surface area contributed by atoms with Gasteiger partial charge in [-0.1, -0.05) is 13.3 Å². The smallest absolute Gasteiger partial charge is 0.292 e. The van der Waals surface area contributed by atoms with Crippen molar-refractivity contribution in [3.8, 4) is 0 Å². The molecule has 4 nitrogen and oxygen atoms in total. The number of anilines is 1. The highest BCUT2D eigenvalue weighted by atomic mass is 19.1. The summed E-state index contributed by atoms with van der Waals surface area (Å²) in [7, 11) is 0. The Morgan fingerprint density at radius 3 is 2.76 bits per heavy atom. The fourth-order valence-electron chi connectivity index (χ4n) is 2.07. The summed E-state index contributed by atoms with van der Waals surface area (Å²) in [6.45, 7) is 2.78. The van der Waals surface area contributed by atoms with Crippen LogP contribution in [0.4, 0.5) is 15.8 Å². The first kappa shape index (κ1) is 11.8. The number of nitrogens with zero attached hydrogens (tertiary/aromatic N) is 1. The Labute approximate surface area is 99.0 Å².